The van der Waals surface area contributed by atoms with Crippen molar-refractivity contribution in [2.45, 2.75) is 34.2 Å². The van der Waals surface area contributed by atoms with Gasteiger partial charge in [0.05, 0.1) is 0 Å². The minimum absolute atomic E-state index is 0.718. The SMILES string of the molecule is CC(C)C(CNCc1ccccc1N)C(C)C. The molecule has 2 heteroatoms. The van der Waals surface area contributed by atoms with E-state index in [0.717, 1.165) is 36.5 Å². The molecular weight excluding hydrogens is 208 g/mol. The highest BCUT2D eigenvalue weighted by molar-refractivity contribution is 5.46. The van der Waals surface area contributed by atoms with Crippen LogP contribution in [0.4, 0.5) is 5.69 Å². The number of nitrogens with one attached hydrogen (secondary N) is 1. The highest BCUT2D eigenvalue weighted by Gasteiger charge is 2.16. The van der Waals surface area contributed by atoms with Gasteiger partial charge in [0, 0.05) is 12.2 Å². The first-order chi connectivity index (χ1) is 8.02. The van der Waals surface area contributed by atoms with Gasteiger partial charge in [0.15, 0.2) is 0 Å². The standard InChI is InChI=1S/C15H26N2/c1-11(2)14(12(3)4)10-17-9-13-7-5-6-8-15(13)16/h5-8,11-12,14,17H,9-10,16H2,1-4H3. The lowest BCUT2D eigenvalue weighted by atomic mass is 9.85. The number of anilines is 1. The van der Waals surface area contributed by atoms with E-state index in [1.54, 1.807) is 0 Å². The van der Waals surface area contributed by atoms with Crippen LogP contribution in [0.3, 0.4) is 0 Å². The van der Waals surface area contributed by atoms with Gasteiger partial charge in [-0.15, -0.1) is 0 Å². The molecule has 0 spiro atoms. The minimum Gasteiger partial charge on any atom is -0.398 e. The molecule has 1 aromatic rings. The Labute approximate surface area is 106 Å². The Hall–Kier alpha value is -1.02. The van der Waals surface area contributed by atoms with Crippen LogP contribution in [0, 0.1) is 17.8 Å². The van der Waals surface area contributed by atoms with Crippen molar-refractivity contribution < 1.29 is 0 Å². The predicted molar refractivity (Wildman–Crippen MR) is 75.7 cm³/mol. The third-order valence-electron chi connectivity index (χ3n) is 3.46. The molecule has 0 aliphatic heterocycles. The lowest BCUT2D eigenvalue weighted by Crippen LogP contribution is -2.29. The van der Waals surface area contributed by atoms with E-state index in [1.807, 2.05) is 18.2 Å². The second kappa shape index (κ2) is 6.65. The van der Waals surface area contributed by atoms with E-state index in [-0.39, 0.29) is 0 Å². The van der Waals surface area contributed by atoms with Crippen molar-refractivity contribution in [1.82, 2.24) is 5.32 Å². The zero-order valence-corrected chi connectivity index (χ0v) is 11.5. The monoisotopic (exact) mass is 234 g/mol. The van der Waals surface area contributed by atoms with Crippen LogP contribution in [0.5, 0.6) is 0 Å². The van der Waals surface area contributed by atoms with Crippen molar-refractivity contribution in [3.63, 3.8) is 0 Å². The number of rotatable bonds is 6. The Bertz CT molecular complexity index is 323. The number of hydrogen-bond donors (Lipinski definition) is 2. The van der Waals surface area contributed by atoms with E-state index in [1.165, 1.54) is 5.56 Å². The summed E-state index contributed by atoms with van der Waals surface area (Å²) in [4.78, 5) is 0. The maximum Gasteiger partial charge on any atom is 0.0359 e. The summed E-state index contributed by atoms with van der Waals surface area (Å²) in [7, 11) is 0. The van der Waals surface area contributed by atoms with Crippen LogP contribution in [-0.2, 0) is 6.54 Å². The van der Waals surface area contributed by atoms with Crippen molar-refractivity contribution in [2.75, 3.05) is 12.3 Å². The molecule has 0 radical (unpaired) electrons. The van der Waals surface area contributed by atoms with Crippen LogP contribution >= 0.6 is 0 Å². The largest absolute Gasteiger partial charge is 0.398 e. The van der Waals surface area contributed by atoms with Crippen molar-refractivity contribution >= 4 is 5.69 Å². The number of hydrogen-bond acceptors (Lipinski definition) is 2. The molecule has 0 atom stereocenters. The fraction of sp³-hybridized carbons (Fsp3) is 0.600. The van der Waals surface area contributed by atoms with E-state index in [2.05, 4.69) is 39.1 Å². The van der Waals surface area contributed by atoms with Gasteiger partial charge in [-0.3, -0.25) is 0 Å². The van der Waals surface area contributed by atoms with E-state index < -0.39 is 0 Å². The zero-order chi connectivity index (χ0) is 12.8. The Morgan fingerprint density at radius 3 is 2.18 bits per heavy atom. The lowest BCUT2D eigenvalue weighted by molar-refractivity contribution is 0.275. The van der Waals surface area contributed by atoms with Gasteiger partial charge < -0.3 is 11.1 Å². The first-order valence-electron chi connectivity index (χ1n) is 6.56. The molecule has 0 aliphatic rings. The summed E-state index contributed by atoms with van der Waals surface area (Å²) in [6.45, 7) is 11.1. The summed E-state index contributed by atoms with van der Waals surface area (Å²) >= 11 is 0. The Balaban J connectivity index is 2.44. The second-order valence-electron chi connectivity index (χ2n) is 5.48. The van der Waals surface area contributed by atoms with Crippen molar-refractivity contribution in [2.24, 2.45) is 17.8 Å². The van der Waals surface area contributed by atoms with Gasteiger partial charge in [-0.1, -0.05) is 45.9 Å². The number of nitrogen functional groups attached to an aromatic ring is 1. The van der Waals surface area contributed by atoms with Crippen molar-refractivity contribution in [3.05, 3.63) is 29.8 Å². The predicted octanol–water partition coefficient (Wildman–Crippen LogP) is 3.29. The molecule has 0 unspecified atom stereocenters. The molecule has 0 saturated carbocycles. The molecule has 0 amide bonds. The molecule has 17 heavy (non-hydrogen) atoms. The lowest BCUT2D eigenvalue weighted by Gasteiger charge is -2.25. The topological polar surface area (TPSA) is 38.0 Å². The molecule has 2 nitrogen and oxygen atoms in total. The summed E-state index contributed by atoms with van der Waals surface area (Å²) in [5, 5.41) is 3.53. The van der Waals surface area contributed by atoms with E-state index in [0.29, 0.717) is 0 Å². The molecule has 0 aliphatic carbocycles. The number of nitrogens with two attached hydrogens (primary N) is 1. The molecule has 0 fully saturated rings. The fourth-order valence-corrected chi connectivity index (χ4v) is 2.31. The highest BCUT2D eigenvalue weighted by atomic mass is 14.9. The van der Waals surface area contributed by atoms with E-state index >= 15 is 0 Å². The Morgan fingerprint density at radius 1 is 1.06 bits per heavy atom. The molecule has 1 rings (SSSR count). The third-order valence-corrected chi connectivity index (χ3v) is 3.46. The average molecular weight is 234 g/mol. The quantitative estimate of drug-likeness (QED) is 0.741. The molecule has 0 bridgehead atoms. The molecule has 0 heterocycles. The molecule has 0 aromatic heterocycles. The maximum atomic E-state index is 5.92. The van der Waals surface area contributed by atoms with Crippen LogP contribution in [0.1, 0.15) is 33.3 Å². The summed E-state index contributed by atoms with van der Waals surface area (Å²) in [5.74, 6) is 2.16. The molecule has 0 saturated heterocycles. The second-order valence-corrected chi connectivity index (χ2v) is 5.48. The van der Waals surface area contributed by atoms with Gasteiger partial charge in [-0.2, -0.15) is 0 Å². The first kappa shape index (κ1) is 14.0. The third kappa shape index (κ3) is 4.39. The molecule has 96 valence electrons. The van der Waals surface area contributed by atoms with Gasteiger partial charge >= 0.3 is 0 Å². The van der Waals surface area contributed by atoms with Gasteiger partial charge in [-0.25, -0.2) is 0 Å². The van der Waals surface area contributed by atoms with E-state index in [9.17, 15) is 0 Å². The summed E-state index contributed by atoms with van der Waals surface area (Å²) in [5.41, 5.74) is 7.99. The average Bonchev–Trinajstić information content (AvgIpc) is 2.25. The molecule has 3 N–H and O–H groups in total. The minimum atomic E-state index is 0.718. The normalized spacial score (nSPS) is 11.7. The summed E-state index contributed by atoms with van der Waals surface area (Å²) in [6, 6.07) is 8.06. The van der Waals surface area contributed by atoms with Crippen LogP contribution in [0.15, 0.2) is 24.3 Å². The first-order valence-corrected chi connectivity index (χ1v) is 6.56. The van der Waals surface area contributed by atoms with Gasteiger partial charge in [0.25, 0.3) is 0 Å². The smallest absolute Gasteiger partial charge is 0.0359 e. The Kier molecular flexibility index (Phi) is 5.49. The van der Waals surface area contributed by atoms with Crippen LogP contribution < -0.4 is 11.1 Å². The van der Waals surface area contributed by atoms with Crippen LogP contribution in [-0.4, -0.2) is 6.54 Å². The van der Waals surface area contributed by atoms with Crippen LogP contribution in [0.25, 0.3) is 0 Å². The van der Waals surface area contributed by atoms with Crippen LogP contribution in [0.2, 0.25) is 0 Å². The number of benzene rings is 1. The summed E-state index contributed by atoms with van der Waals surface area (Å²) in [6.07, 6.45) is 0. The van der Waals surface area contributed by atoms with Gasteiger partial charge in [0.2, 0.25) is 0 Å². The van der Waals surface area contributed by atoms with Crippen molar-refractivity contribution in [1.29, 1.82) is 0 Å². The maximum absolute atomic E-state index is 5.92. The van der Waals surface area contributed by atoms with Gasteiger partial charge in [0.1, 0.15) is 0 Å². The highest BCUT2D eigenvalue weighted by Crippen LogP contribution is 2.19. The zero-order valence-electron chi connectivity index (χ0n) is 11.5. The van der Waals surface area contributed by atoms with E-state index in [4.69, 9.17) is 5.73 Å². The molecular formula is C15H26N2. The number of para-hydroxylation sites is 1. The fourth-order valence-electron chi connectivity index (χ4n) is 2.31. The molecule has 1 aromatic carbocycles. The van der Waals surface area contributed by atoms with Gasteiger partial charge in [-0.05, 0) is 35.9 Å². The Morgan fingerprint density at radius 2 is 1.65 bits per heavy atom. The van der Waals surface area contributed by atoms with Crippen molar-refractivity contribution in [3.8, 4) is 0 Å². The summed E-state index contributed by atoms with van der Waals surface area (Å²) < 4.78 is 0.